The van der Waals surface area contributed by atoms with E-state index in [1.165, 1.54) is 6.42 Å². The lowest BCUT2D eigenvalue weighted by Gasteiger charge is -2.39. The molecule has 3 aliphatic rings. The summed E-state index contributed by atoms with van der Waals surface area (Å²) in [5.74, 6) is -0.0697. The Labute approximate surface area is 154 Å². The van der Waals surface area contributed by atoms with Gasteiger partial charge >= 0.3 is 0 Å². The number of carbonyl (C=O) groups excluding carboxylic acids is 2. The van der Waals surface area contributed by atoms with Crippen LogP contribution in [0.25, 0.3) is 0 Å². The van der Waals surface area contributed by atoms with Gasteiger partial charge in [-0.25, -0.2) is 0 Å². The maximum absolute atomic E-state index is 12.9. The molecule has 6 heteroatoms. The molecule has 0 aliphatic carbocycles. The first-order chi connectivity index (χ1) is 12.7. The number of ether oxygens (including phenoxy) is 1. The van der Waals surface area contributed by atoms with E-state index in [1.807, 2.05) is 23.1 Å². The first-order valence-electron chi connectivity index (χ1n) is 9.68. The van der Waals surface area contributed by atoms with E-state index in [9.17, 15) is 9.59 Å². The molecule has 0 radical (unpaired) electrons. The number of likely N-dealkylation sites (tertiary alicyclic amines) is 1. The Morgan fingerprint density at radius 2 is 2.08 bits per heavy atom. The molecule has 1 aromatic carbocycles. The van der Waals surface area contributed by atoms with Gasteiger partial charge in [0.1, 0.15) is 6.10 Å². The van der Waals surface area contributed by atoms with Gasteiger partial charge in [-0.15, -0.1) is 0 Å². The highest BCUT2D eigenvalue weighted by Crippen LogP contribution is 2.37. The minimum Gasteiger partial charge on any atom is -0.368 e. The van der Waals surface area contributed by atoms with Crippen LogP contribution < -0.4 is 10.6 Å². The van der Waals surface area contributed by atoms with Gasteiger partial charge in [0, 0.05) is 37.5 Å². The lowest BCUT2D eigenvalue weighted by atomic mass is 9.78. The van der Waals surface area contributed by atoms with Gasteiger partial charge in [-0.3, -0.25) is 9.59 Å². The van der Waals surface area contributed by atoms with Crippen LogP contribution in [0.15, 0.2) is 24.3 Å². The van der Waals surface area contributed by atoms with Crippen LogP contribution in [-0.4, -0.2) is 55.6 Å². The van der Waals surface area contributed by atoms with Gasteiger partial charge < -0.3 is 20.3 Å². The Hall–Kier alpha value is -1.92. The zero-order valence-electron chi connectivity index (χ0n) is 15.1. The number of anilines is 1. The van der Waals surface area contributed by atoms with Gasteiger partial charge in [0.15, 0.2) is 0 Å². The van der Waals surface area contributed by atoms with Crippen LogP contribution in [0.5, 0.6) is 0 Å². The standard InChI is InChI=1S/C20H27N3O3/c24-18(17-5-2-12-26-17)22-16-4-1-3-15(13-16)19(25)23-10-7-20(8-11-23)6-9-21-14-20/h1,3-4,13,17,21H,2,5-12,14H2,(H,22,24). The fraction of sp³-hybridized carbons (Fsp3) is 0.600. The molecule has 1 unspecified atom stereocenters. The summed E-state index contributed by atoms with van der Waals surface area (Å²) in [7, 11) is 0. The molecule has 3 heterocycles. The van der Waals surface area contributed by atoms with E-state index in [2.05, 4.69) is 10.6 Å². The van der Waals surface area contributed by atoms with E-state index in [-0.39, 0.29) is 17.9 Å². The van der Waals surface area contributed by atoms with Crippen molar-refractivity contribution in [1.82, 2.24) is 10.2 Å². The fourth-order valence-electron chi connectivity index (χ4n) is 4.33. The predicted molar refractivity (Wildman–Crippen MR) is 99.1 cm³/mol. The van der Waals surface area contributed by atoms with Crippen molar-refractivity contribution < 1.29 is 14.3 Å². The number of amides is 2. The lowest BCUT2D eigenvalue weighted by Crippen LogP contribution is -2.44. The van der Waals surface area contributed by atoms with Crippen molar-refractivity contribution in [2.24, 2.45) is 5.41 Å². The summed E-state index contributed by atoms with van der Waals surface area (Å²) in [5.41, 5.74) is 1.69. The van der Waals surface area contributed by atoms with Gasteiger partial charge in [-0.2, -0.15) is 0 Å². The van der Waals surface area contributed by atoms with E-state index >= 15 is 0 Å². The molecule has 0 aromatic heterocycles. The quantitative estimate of drug-likeness (QED) is 0.868. The highest BCUT2D eigenvalue weighted by molar-refractivity contribution is 5.98. The molecule has 26 heavy (non-hydrogen) atoms. The first-order valence-corrected chi connectivity index (χ1v) is 9.68. The maximum Gasteiger partial charge on any atom is 0.253 e. The van der Waals surface area contributed by atoms with Gasteiger partial charge in [-0.1, -0.05) is 6.07 Å². The second-order valence-corrected chi connectivity index (χ2v) is 7.79. The van der Waals surface area contributed by atoms with E-state index < -0.39 is 0 Å². The Kier molecular flexibility index (Phi) is 4.96. The van der Waals surface area contributed by atoms with Gasteiger partial charge in [0.2, 0.25) is 0 Å². The van der Waals surface area contributed by atoms with E-state index in [0.29, 0.717) is 23.3 Å². The molecule has 4 rings (SSSR count). The summed E-state index contributed by atoms with van der Waals surface area (Å²) in [5, 5.41) is 6.33. The molecule has 0 saturated carbocycles. The summed E-state index contributed by atoms with van der Waals surface area (Å²) in [6, 6.07) is 7.24. The molecule has 3 aliphatic heterocycles. The summed E-state index contributed by atoms with van der Waals surface area (Å²) in [6.07, 6.45) is 4.67. The van der Waals surface area contributed by atoms with Crippen molar-refractivity contribution in [1.29, 1.82) is 0 Å². The smallest absolute Gasteiger partial charge is 0.253 e. The van der Waals surface area contributed by atoms with Crippen molar-refractivity contribution >= 4 is 17.5 Å². The molecule has 1 aromatic rings. The SMILES string of the molecule is O=C(Nc1cccc(C(=O)N2CCC3(CCNC3)CC2)c1)C1CCCO1. The number of carbonyl (C=O) groups is 2. The van der Waals surface area contributed by atoms with Crippen LogP contribution in [0, 0.1) is 5.41 Å². The van der Waals surface area contributed by atoms with Crippen LogP contribution in [-0.2, 0) is 9.53 Å². The Morgan fingerprint density at radius 1 is 1.23 bits per heavy atom. The van der Waals surface area contributed by atoms with Crippen LogP contribution >= 0.6 is 0 Å². The van der Waals surface area contributed by atoms with Crippen LogP contribution in [0.1, 0.15) is 42.5 Å². The summed E-state index contributed by atoms with van der Waals surface area (Å²) >= 11 is 0. The molecule has 3 fully saturated rings. The molecule has 0 bridgehead atoms. The minimum absolute atomic E-state index is 0.0546. The summed E-state index contributed by atoms with van der Waals surface area (Å²) in [4.78, 5) is 27.0. The van der Waals surface area contributed by atoms with Gasteiger partial charge in [0.25, 0.3) is 11.8 Å². The third-order valence-electron chi connectivity index (χ3n) is 6.04. The highest BCUT2D eigenvalue weighted by atomic mass is 16.5. The highest BCUT2D eigenvalue weighted by Gasteiger charge is 2.38. The monoisotopic (exact) mass is 357 g/mol. The molecule has 140 valence electrons. The number of rotatable bonds is 3. The normalized spacial score (nSPS) is 24.8. The Bertz CT molecular complexity index is 669. The molecule has 6 nitrogen and oxygen atoms in total. The van der Waals surface area contributed by atoms with Gasteiger partial charge in [-0.05, 0) is 62.3 Å². The lowest BCUT2D eigenvalue weighted by molar-refractivity contribution is -0.124. The predicted octanol–water partition coefficient (Wildman–Crippen LogP) is 2.02. The van der Waals surface area contributed by atoms with E-state index in [1.54, 1.807) is 6.07 Å². The number of benzene rings is 1. The average molecular weight is 357 g/mol. The third kappa shape index (κ3) is 3.62. The molecular formula is C20H27N3O3. The zero-order chi connectivity index (χ0) is 18.0. The number of hydrogen-bond acceptors (Lipinski definition) is 4. The van der Waals surface area contributed by atoms with Crippen LogP contribution in [0.4, 0.5) is 5.69 Å². The van der Waals surface area contributed by atoms with Crippen molar-refractivity contribution in [3.63, 3.8) is 0 Å². The minimum atomic E-state index is -0.368. The largest absolute Gasteiger partial charge is 0.368 e. The Balaban J connectivity index is 1.38. The third-order valence-corrected chi connectivity index (χ3v) is 6.04. The second-order valence-electron chi connectivity index (χ2n) is 7.79. The van der Waals surface area contributed by atoms with Crippen molar-refractivity contribution in [3.05, 3.63) is 29.8 Å². The molecule has 2 amide bonds. The average Bonchev–Trinajstić information content (AvgIpc) is 3.35. The molecule has 2 N–H and O–H groups in total. The van der Waals surface area contributed by atoms with E-state index in [4.69, 9.17) is 4.74 Å². The number of nitrogens with one attached hydrogen (secondary N) is 2. The summed E-state index contributed by atoms with van der Waals surface area (Å²) in [6.45, 7) is 4.45. The topological polar surface area (TPSA) is 70.7 Å². The molecule has 1 spiro atoms. The van der Waals surface area contributed by atoms with Gasteiger partial charge in [0.05, 0.1) is 0 Å². The molecular weight excluding hydrogens is 330 g/mol. The fourth-order valence-corrected chi connectivity index (χ4v) is 4.33. The number of nitrogens with zero attached hydrogens (tertiary/aromatic N) is 1. The molecule has 1 atom stereocenters. The second kappa shape index (κ2) is 7.37. The van der Waals surface area contributed by atoms with Crippen molar-refractivity contribution in [3.8, 4) is 0 Å². The molecule has 3 saturated heterocycles. The summed E-state index contributed by atoms with van der Waals surface area (Å²) < 4.78 is 5.41. The zero-order valence-corrected chi connectivity index (χ0v) is 15.1. The van der Waals surface area contributed by atoms with Crippen molar-refractivity contribution in [2.75, 3.05) is 38.1 Å². The Morgan fingerprint density at radius 3 is 2.77 bits per heavy atom. The van der Waals surface area contributed by atoms with Crippen LogP contribution in [0.3, 0.4) is 0 Å². The van der Waals surface area contributed by atoms with Crippen LogP contribution in [0.2, 0.25) is 0 Å². The first kappa shape index (κ1) is 17.5. The number of hydrogen-bond donors (Lipinski definition) is 2. The van der Waals surface area contributed by atoms with E-state index in [0.717, 1.165) is 51.9 Å². The maximum atomic E-state index is 12.9. The van der Waals surface area contributed by atoms with Crippen molar-refractivity contribution in [2.45, 2.75) is 38.2 Å². The number of piperidine rings is 1.